The van der Waals surface area contributed by atoms with Gasteiger partial charge in [-0.15, -0.1) is 11.3 Å². The molecule has 120 valence electrons. The minimum atomic E-state index is 0.0686. The Bertz CT molecular complexity index is 855. The third kappa shape index (κ3) is 3.10. The summed E-state index contributed by atoms with van der Waals surface area (Å²) in [6.07, 6.45) is 0.923. The maximum atomic E-state index is 12.4. The van der Waals surface area contributed by atoms with Crippen LogP contribution in [-0.4, -0.2) is 10.9 Å². The molecule has 0 saturated heterocycles. The Morgan fingerprint density at radius 1 is 1.12 bits per heavy atom. The number of aromatic nitrogens is 1. The molecule has 3 aromatic rings. The largest absolute Gasteiger partial charge is 0.302 e. The smallest absolute Gasteiger partial charge is 0.229 e. The van der Waals surface area contributed by atoms with Gasteiger partial charge in [0.15, 0.2) is 5.13 Å². The van der Waals surface area contributed by atoms with Crippen molar-refractivity contribution in [3.05, 3.63) is 71.1 Å². The summed E-state index contributed by atoms with van der Waals surface area (Å²) in [4.78, 5) is 16.9. The van der Waals surface area contributed by atoms with Crippen LogP contribution in [-0.2, 0) is 4.79 Å². The summed E-state index contributed by atoms with van der Waals surface area (Å²) < 4.78 is 0. The SMILES string of the molecule is Cc1ccc(-c2csc(NC(=O)C3CC3c3ccccc3)n2)cc1. The number of hydrogen-bond donors (Lipinski definition) is 1. The van der Waals surface area contributed by atoms with Crippen molar-refractivity contribution >= 4 is 22.4 Å². The molecule has 0 radical (unpaired) electrons. The third-order valence-electron chi connectivity index (χ3n) is 4.44. The fourth-order valence-electron chi connectivity index (χ4n) is 2.94. The molecule has 1 aromatic heterocycles. The van der Waals surface area contributed by atoms with E-state index in [9.17, 15) is 4.79 Å². The third-order valence-corrected chi connectivity index (χ3v) is 5.19. The number of nitrogens with zero attached hydrogens (tertiary/aromatic N) is 1. The summed E-state index contributed by atoms with van der Waals surface area (Å²) >= 11 is 1.48. The molecule has 2 atom stereocenters. The predicted molar refractivity (Wildman–Crippen MR) is 98.2 cm³/mol. The van der Waals surface area contributed by atoms with E-state index in [0.29, 0.717) is 11.0 Å². The molecule has 3 nitrogen and oxygen atoms in total. The monoisotopic (exact) mass is 334 g/mol. The lowest BCUT2D eigenvalue weighted by Gasteiger charge is -2.02. The van der Waals surface area contributed by atoms with Crippen molar-refractivity contribution in [2.75, 3.05) is 5.32 Å². The molecule has 1 fully saturated rings. The Kier molecular flexibility index (Phi) is 3.90. The van der Waals surface area contributed by atoms with Crippen LogP contribution in [0.3, 0.4) is 0 Å². The van der Waals surface area contributed by atoms with Crippen molar-refractivity contribution in [3.63, 3.8) is 0 Å². The number of carbonyl (C=O) groups is 1. The molecule has 2 aromatic carbocycles. The number of benzene rings is 2. The molecule has 1 aliphatic carbocycles. The number of carbonyl (C=O) groups excluding carboxylic acids is 1. The molecule has 1 saturated carbocycles. The van der Waals surface area contributed by atoms with Gasteiger partial charge >= 0.3 is 0 Å². The Hall–Kier alpha value is -2.46. The second-order valence-corrected chi connectivity index (χ2v) is 7.11. The fourth-order valence-corrected chi connectivity index (χ4v) is 3.66. The first kappa shape index (κ1) is 15.1. The normalized spacial score (nSPS) is 19.0. The molecule has 1 N–H and O–H groups in total. The second-order valence-electron chi connectivity index (χ2n) is 6.25. The van der Waals surface area contributed by atoms with E-state index in [1.807, 2.05) is 23.6 Å². The molecule has 2 unspecified atom stereocenters. The first-order valence-corrected chi connectivity index (χ1v) is 8.97. The lowest BCUT2D eigenvalue weighted by molar-refractivity contribution is -0.117. The summed E-state index contributed by atoms with van der Waals surface area (Å²) in [6, 6.07) is 18.5. The topological polar surface area (TPSA) is 42.0 Å². The quantitative estimate of drug-likeness (QED) is 0.740. The molecule has 1 aliphatic rings. The van der Waals surface area contributed by atoms with Crippen LogP contribution in [0.2, 0.25) is 0 Å². The van der Waals surface area contributed by atoms with Crippen molar-refractivity contribution in [1.82, 2.24) is 4.98 Å². The van der Waals surface area contributed by atoms with Gasteiger partial charge in [-0.25, -0.2) is 4.98 Å². The van der Waals surface area contributed by atoms with Crippen LogP contribution >= 0.6 is 11.3 Å². The highest BCUT2D eigenvalue weighted by atomic mass is 32.1. The zero-order chi connectivity index (χ0) is 16.5. The summed E-state index contributed by atoms with van der Waals surface area (Å²) in [5.74, 6) is 0.496. The lowest BCUT2D eigenvalue weighted by atomic mass is 10.1. The van der Waals surface area contributed by atoms with Crippen LogP contribution < -0.4 is 5.32 Å². The summed E-state index contributed by atoms with van der Waals surface area (Å²) in [5.41, 5.74) is 4.46. The van der Waals surface area contributed by atoms with Gasteiger partial charge in [0.05, 0.1) is 5.69 Å². The van der Waals surface area contributed by atoms with Gasteiger partial charge in [-0.3, -0.25) is 4.79 Å². The van der Waals surface area contributed by atoms with Gasteiger partial charge in [0.25, 0.3) is 0 Å². The van der Waals surface area contributed by atoms with Crippen LogP contribution in [0.5, 0.6) is 0 Å². The Balaban J connectivity index is 1.41. The molecular formula is C20H18N2OS. The number of rotatable bonds is 4. The minimum absolute atomic E-state index is 0.0686. The van der Waals surface area contributed by atoms with Crippen LogP contribution in [0.25, 0.3) is 11.3 Å². The highest BCUT2D eigenvalue weighted by Gasteiger charge is 2.44. The van der Waals surface area contributed by atoms with Crippen molar-refractivity contribution in [3.8, 4) is 11.3 Å². The van der Waals surface area contributed by atoms with Crippen LogP contribution in [0.4, 0.5) is 5.13 Å². The van der Waals surface area contributed by atoms with E-state index in [1.165, 1.54) is 22.5 Å². The summed E-state index contributed by atoms with van der Waals surface area (Å²) in [5, 5.41) is 5.64. The molecule has 4 rings (SSSR count). The molecular weight excluding hydrogens is 316 g/mol. The van der Waals surface area contributed by atoms with E-state index in [0.717, 1.165) is 17.7 Å². The van der Waals surface area contributed by atoms with E-state index in [1.54, 1.807) is 0 Å². The number of aryl methyl sites for hydroxylation is 1. The average molecular weight is 334 g/mol. The van der Waals surface area contributed by atoms with E-state index in [-0.39, 0.29) is 11.8 Å². The van der Waals surface area contributed by atoms with Gasteiger partial charge in [0.1, 0.15) is 0 Å². The molecule has 4 heteroatoms. The lowest BCUT2D eigenvalue weighted by Crippen LogP contribution is -2.14. The van der Waals surface area contributed by atoms with Gasteiger partial charge in [-0.2, -0.15) is 0 Å². The highest BCUT2D eigenvalue weighted by molar-refractivity contribution is 7.14. The van der Waals surface area contributed by atoms with Crippen molar-refractivity contribution in [2.24, 2.45) is 5.92 Å². The molecule has 24 heavy (non-hydrogen) atoms. The number of thiazole rings is 1. The Labute approximate surface area is 145 Å². The van der Waals surface area contributed by atoms with Crippen molar-refractivity contribution < 1.29 is 4.79 Å². The zero-order valence-corrected chi connectivity index (χ0v) is 14.2. The van der Waals surface area contributed by atoms with Crippen molar-refractivity contribution in [2.45, 2.75) is 19.3 Å². The van der Waals surface area contributed by atoms with E-state index in [4.69, 9.17) is 0 Å². The van der Waals surface area contributed by atoms with Gasteiger partial charge < -0.3 is 5.32 Å². The zero-order valence-electron chi connectivity index (χ0n) is 13.4. The average Bonchev–Trinajstić information content (AvgIpc) is 3.29. The summed E-state index contributed by atoms with van der Waals surface area (Å²) in [6.45, 7) is 2.06. The van der Waals surface area contributed by atoms with E-state index < -0.39 is 0 Å². The van der Waals surface area contributed by atoms with Gasteiger partial charge in [-0.1, -0.05) is 60.2 Å². The maximum absolute atomic E-state index is 12.4. The molecule has 1 heterocycles. The van der Waals surface area contributed by atoms with Gasteiger partial charge in [0.2, 0.25) is 5.91 Å². The number of anilines is 1. The molecule has 1 amide bonds. The van der Waals surface area contributed by atoms with E-state index in [2.05, 4.69) is 53.6 Å². The number of nitrogens with one attached hydrogen (secondary N) is 1. The van der Waals surface area contributed by atoms with Gasteiger partial charge in [0, 0.05) is 16.9 Å². The Morgan fingerprint density at radius 3 is 2.62 bits per heavy atom. The molecule has 0 aliphatic heterocycles. The minimum Gasteiger partial charge on any atom is -0.302 e. The number of hydrogen-bond acceptors (Lipinski definition) is 3. The van der Waals surface area contributed by atoms with Crippen LogP contribution in [0, 0.1) is 12.8 Å². The first-order chi connectivity index (χ1) is 11.7. The molecule has 0 spiro atoms. The maximum Gasteiger partial charge on any atom is 0.229 e. The van der Waals surface area contributed by atoms with Crippen LogP contribution in [0.15, 0.2) is 60.0 Å². The predicted octanol–water partition coefficient (Wildman–Crippen LogP) is 4.86. The first-order valence-electron chi connectivity index (χ1n) is 8.09. The number of amides is 1. The molecule has 0 bridgehead atoms. The Morgan fingerprint density at radius 2 is 1.88 bits per heavy atom. The second kappa shape index (κ2) is 6.21. The van der Waals surface area contributed by atoms with E-state index >= 15 is 0 Å². The van der Waals surface area contributed by atoms with Gasteiger partial charge in [-0.05, 0) is 24.8 Å². The standard InChI is InChI=1S/C20H18N2OS/c1-13-7-9-15(10-8-13)18-12-24-20(21-18)22-19(23)17-11-16(17)14-5-3-2-4-6-14/h2-10,12,16-17H,11H2,1H3,(H,21,22,23). The highest BCUT2D eigenvalue weighted by Crippen LogP contribution is 2.48. The fraction of sp³-hybridized carbons (Fsp3) is 0.200. The summed E-state index contributed by atoms with van der Waals surface area (Å²) in [7, 11) is 0. The van der Waals surface area contributed by atoms with Crippen molar-refractivity contribution in [1.29, 1.82) is 0 Å². The van der Waals surface area contributed by atoms with Crippen LogP contribution in [0.1, 0.15) is 23.5 Å².